The lowest BCUT2D eigenvalue weighted by Crippen LogP contribution is -2.12. The average molecular weight is 342 g/mol. The molecule has 0 radical (unpaired) electrons. The van der Waals surface area contributed by atoms with Crippen molar-refractivity contribution in [2.75, 3.05) is 5.43 Å². The Balaban J connectivity index is 1.84. The van der Waals surface area contributed by atoms with E-state index in [9.17, 15) is 17.6 Å². The fourth-order valence-electron chi connectivity index (χ4n) is 2.20. The maximum Gasteiger partial charge on any atom is 0.433 e. The number of nitrogens with one attached hydrogen (secondary N) is 1. The van der Waals surface area contributed by atoms with E-state index in [4.69, 9.17) is 0 Å². The maximum atomic E-state index is 13.7. The van der Waals surface area contributed by atoms with Crippen molar-refractivity contribution in [2.24, 2.45) is 12.1 Å². The summed E-state index contributed by atoms with van der Waals surface area (Å²) in [4.78, 5) is 7.46. The summed E-state index contributed by atoms with van der Waals surface area (Å²) in [5, 5.41) is 7.60. The van der Waals surface area contributed by atoms with Gasteiger partial charge in [0.25, 0.3) is 0 Å². The van der Waals surface area contributed by atoms with Gasteiger partial charge in [0, 0.05) is 18.7 Å². The Morgan fingerprint density at radius 3 is 2.58 bits per heavy atom. The number of hydrogen-bond donors (Lipinski definition) is 1. The highest BCUT2D eigenvalue weighted by Gasteiger charge is 2.36. The Morgan fingerprint density at radius 2 is 2.04 bits per heavy atom. The molecular formula is C14H14F4N6. The van der Waals surface area contributed by atoms with E-state index in [1.807, 2.05) is 0 Å². The first kappa shape index (κ1) is 16.3. The van der Waals surface area contributed by atoms with Gasteiger partial charge in [-0.25, -0.2) is 20.1 Å². The van der Waals surface area contributed by atoms with Crippen LogP contribution in [0.15, 0.2) is 11.2 Å². The van der Waals surface area contributed by atoms with Crippen LogP contribution in [-0.2, 0) is 13.2 Å². The summed E-state index contributed by atoms with van der Waals surface area (Å²) in [6.45, 7) is 1.59. The van der Waals surface area contributed by atoms with Crippen molar-refractivity contribution < 1.29 is 17.6 Å². The van der Waals surface area contributed by atoms with Gasteiger partial charge in [0.05, 0.1) is 17.5 Å². The third-order valence-electron chi connectivity index (χ3n) is 3.59. The van der Waals surface area contributed by atoms with Crippen LogP contribution in [0.25, 0.3) is 0 Å². The number of alkyl halides is 3. The molecule has 2 heterocycles. The van der Waals surface area contributed by atoms with Crippen LogP contribution in [0.4, 0.5) is 23.5 Å². The standard InChI is InChI=1S/C14H14F4N6/c1-7-9(12(15)24(2)23-7)6-19-22-13-20-10(8-3-4-8)5-11(21-13)14(16,17)18/h5-6,8H,3-4H2,1-2H3,(H,20,21,22). The molecule has 3 rings (SSSR count). The van der Waals surface area contributed by atoms with Crippen molar-refractivity contribution in [1.29, 1.82) is 0 Å². The molecule has 6 nitrogen and oxygen atoms in total. The van der Waals surface area contributed by atoms with E-state index in [-0.39, 0.29) is 17.4 Å². The minimum atomic E-state index is -4.57. The van der Waals surface area contributed by atoms with Crippen molar-refractivity contribution in [2.45, 2.75) is 31.9 Å². The van der Waals surface area contributed by atoms with Gasteiger partial charge in [0.2, 0.25) is 11.9 Å². The second-order valence-electron chi connectivity index (χ2n) is 5.56. The molecule has 24 heavy (non-hydrogen) atoms. The van der Waals surface area contributed by atoms with Gasteiger partial charge >= 0.3 is 6.18 Å². The summed E-state index contributed by atoms with van der Waals surface area (Å²) >= 11 is 0. The first-order valence-corrected chi connectivity index (χ1v) is 7.20. The number of aryl methyl sites for hydroxylation is 2. The van der Waals surface area contributed by atoms with E-state index < -0.39 is 17.8 Å². The van der Waals surface area contributed by atoms with Crippen LogP contribution < -0.4 is 5.43 Å². The van der Waals surface area contributed by atoms with E-state index in [1.54, 1.807) is 6.92 Å². The molecule has 1 fully saturated rings. The average Bonchev–Trinajstić information content (AvgIpc) is 3.31. The summed E-state index contributed by atoms with van der Waals surface area (Å²) in [5.41, 5.74) is 2.19. The molecule has 128 valence electrons. The summed E-state index contributed by atoms with van der Waals surface area (Å²) in [6, 6.07) is 0.956. The van der Waals surface area contributed by atoms with Gasteiger partial charge in [0.1, 0.15) is 5.69 Å². The Bertz CT molecular complexity index is 791. The molecule has 2 aromatic rings. The number of nitrogens with zero attached hydrogens (tertiary/aromatic N) is 5. The summed E-state index contributed by atoms with van der Waals surface area (Å²) in [5.74, 6) is -0.844. The number of anilines is 1. The number of hydrazone groups is 1. The van der Waals surface area contributed by atoms with Crippen LogP contribution in [-0.4, -0.2) is 26.0 Å². The minimum Gasteiger partial charge on any atom is -0.245 e. The first-order valence-electron chi connectivity index (χ1n) is 7.20. The van der Waals surface area contributed by atoms with Crippen molar-refractivity contribution >= 4 is 12.2 Å². The maximum absolute atomic E-state index is 13.7. The van der Waals surface area contributed by atoms with Gasteiger partial charge in [-0.15, -0.1) is 0 Å². The molecule has 1 saturated carbocycles. The van der Waals surface area contributed by atoms with Crippen molar-refractivity contribution in [3.63, 3.8) is 0 Å². The van der Waals surface area contributed by atoms with Crippen molar-refractivity contribution in [3.05, 3.63) is 34.7 Å². The number of rotatable bonds is 4. The van der Waals surface area contributed by atoms with Crippen molar-refractivity contribution in [1.82, 2.24) is 19.7 Å². The highest BCUT2D eigenvalue weighted by Crippen LogP contribution is 2.41. The monoisotopic (exact) mass is 342 g/mol. The molecule has 0 saturated heterocycles. The van der Waals surface area contributed by atoms with Crippen LogP contribution in [0, 0.1) is 12.9 Å². The molecule has 0 unspecified atom stereocenters. The first-order chi connectivity index (χ1) is 11.3. The van der Waals surface area contributed by atoms with Gasteiger partial charge in [-0.3, -0.25) is 0 Å². The normalized spacial score (nSPS) is 15.2. The van der Waals surface area contributed by atoms with Gasteiger partial charge in [-0.1, -0.05) is 0 Å². The second-order valence-corrected chi connectivity index (χ2v) is 5.56. The topological polar surface area (TPSA) is 68.0 Å². The Morgan fingerprint density at radius 1 is 1.33 bits per heavy atom. The molecule has 1 N–H and O–H groups in total. The van der Waals surface area contributed by atoms with Crippen LogP contribution in [0.3, 0.4) is 0 Å². The summed E-state index contributed by atoms with van der Waals surface area (Å²) in [6.07, 6.45) is -1.83. The molecule has 0 atom stereocenters. The van der Waals surface area contributed by atoms with Gasteiger partial charge in [-0.05, 0) is 25.8 Å². The third kappa shape index (κ3) is 3.36. The predicted molar refractivity (Wildman–Crippen MR) is 78.1 cm³/mol. The van der Waals surface area contributed by atoms with E-state index in [0.29, 0.717) is 11.4 Å². The molecular weight excluding hydrogens is 328 g/mol. The quantitative estimate of drug-likeness (QED) is 0.527. The van der Waals surface area contributed by atoms with Crippen LogP contribution in [0.1, 0.15) is 41.4 Å². The zero-order valence-electron chi connectivity index (χ0n) is 12.9. The molecule has 0 spiro atoms. The summed E-state index contributed by atoms with van der Waals surface area (Å²) < 4.78 is 53.5. The predicted octanol–water partition coefficient (Wildman–Crippen LogP) is 3.00. The van der Waals surface area contributed by atoms with E-state index >= 15 is 0 Å². The number of halogens is 4. The van der Waals surface area contributed by atoms with Crippen LogP contribution >= 0.6 is 0 Å². The molecule has 1 aliphatic rings. The molecule has 0 aliphatic heterocycles. The molecule has 0 bridgehead atoms. The lowest BCUT2D eigenvalue weighted by molar-refractivity contribution is -0.141. The number of aromatic nitrogens is 4. The smallest absolute Gasteiger partial charge is 0.245 e. The highest BCUT2D eigenvalue weighted by atomic mass is 19.4. The highest BCUT2D eigenvalue weighted by molar-refractivity contribution is 5.81. The third-order valence-corrected chi connectivity index (χ3v) is 3.59. The van der Waals surface area contributed by atoms with Gasteiger partial charge in [0.15, 0.2) is 0 Å². The van der Waals surface area contributed by atoms with Crippen LogP contribution in [0.2, 0.25) is 0 Å². The lowest BCUT2D eigenvalue weighted by atomic mass is 10.2. The van der Waals surface area contributed by atoms with E-state index in [1.165, 1.54) is 7.05 Å². The minimum absolute atomic E-state index is 0.0247. The fourth-order valence-corrected chi connectivity index (χ4v) is 2.20. The van der Waals surface area contributed by atoms with E-state index in [2.05, 4.69) is 25.6 Å². The molecule has 2 aromatic heterocycles. The summed E-state index contributed by atoms with van der Waals surface area (Å²) in [7, 11) is 1.44. The largest absolute Gasteiger partial charge is 0.433 e. The van der Waals surface area contributed by atoms with E-state index in [0.717, 1.165) is 29.8 Å². The zero-order chi connectivity index (χ0) is 17.5. The number of hydrogen-bond acceptors (Lipinski definition) is 5. The lowest BCUT2D eigenvalue weighted by Gasteiger charge is -2.09. The SMILES string of the molecule is Cc1nn(C)c(F)c1C=NNc1nc(C2CC2)cc(C(F)(F)F)n1. The Hall–Kier alpha value is -2.52. The molecule has 0 amide bonds. The van der Waals surface area contributed by atoms with Gasteiger partial charge in [-0.2, -0.15) is 27.8 Å². The zero-order valence-corrected chi connectivity index (χ0v) is 12.9. The molecule has 10 heteroatoms. The Labute approximate surface area is 134 Å². The van der Waals surface area contributed by atoms with Crippen molar-refractivity contribution in [3.8, 4) is 0 Å². The van der Waals surface area contributed by atoms with Crippen LogP contribution in [0.5, 0.6) is 0 Å². The second kappa shape index (κ2) is 5.84. The fraction of sp³-hybridized carbons (Fsp3) is 0.429. The van der Waals surface area contributed by atoms with Gasteiger partial charge < -0.3 is 0 Å². The molecule has 1 aliphatic carbocycles. The molecule has 0 aromatic carbocycles. The Kier molecular flexibility index (Phi) is 3.98.